The van der Waals surface area contributed by atoms with Crippen molar-refractivity contribution in [2.45, 2.75) is 31.8 Å². The number of nitrogens with zero attached hydrogens (tertiary/aromatic N) is 2. The van der Waals surface area contributed by atoms with Crippen LogP contribution in [0.15, 0.2) is 18.2 Å². The minimum atomic E-state index is -3.09. The van der Waals surface area contributed by atoms with E-state index in [1.807, 2.05) is 19.1 Å². The number of amides is 1. The monoisotopic (exact) mass is 364 g/mol. The summed E-state index contributed by atoms with van der Waals surface area (Å²) in [5, 5.41) is 0. The molecule has 4 rings (SSSR count). The first kappa shape index (κ1) is 16.8. The van der Waals surface area contributed by atoms with Crippen molar-refractivity contribution < 1.29 is 17.9 Å². The topological polar surface area (TPSA) is 66.9 Å². The number of fused-ring (bicyclic) bond motifs is 2. The van der Waals surface area contributed by atoms with Crippen molar-refractivity contribution in [1.82, 2.24) is 9.80 Å². The molecule has 3 aliphatic rings. The second-order valence-corrected chi connectivity index (χ2v) is 9.27. The number of hydrogen-bond acceptors (Lipinski definition) is 5. The number of carbonyl (C=O) groups excluding carboxylic acids is 1. The summed E-state index contributed by atoms with van der Waals surface area (Å²) in [4.78, 5) is 17.1. The first-order valence-corrected chi connectivity index (χ1v) is 10.8. The Kier molecular flexibility index (Phi) is 4.24. The van der Waals surface area contributed by atoms with Crippen molar-refractivity contribution in [3.8, 4) is 5.75 Å². The number of likely N-dealkylation sites (N-methyl/N-ethyl adjacent to an activating group) is 1. The second-order valence-electron chi connectivity index (χ2n) is 7.11. The van der Waals surface area contributed by atoms with E-state index in [0.717, 1.165) is 43.9 Å². The molecule has 0 radical (unpaired) electrons. The van der Waals surface area contributed by atoms with E-state index in [9.17, 15) is 13.2 Å². The molecule has 6 nitrogen and oxygen atoms in total. The van der Waals surface area contributed by atoms with Crippen molar-refractivity contribution in [2.75, 3.05) is 37.7 Å². The molecule has 0 unspecified atom stereocenters. The fourth-order valence-corrected chi connectivity index (χ4v) is 6.34. The van der Waals surface area contributed by atoms with Crippen LogP contribution in [-0.4, -0.2) is 74.0 Å². The Labute approximate surface area is 148 Å². The molecule has 0 aromatic heterocycles. The number of benzene rings is 1. The summed E-state index contributed by atoms with van der Waals surface area (Å²) in [5.41, 5.74) is 1.71. The van der Waals surface area contributed by atoms with Gasteiger partial charge in [0.15, 0.2) is 9.84 Å². The van der Waals surface area contributed by atoms with Crippen LogP contribution >= 0.6 is 0 Å². The summed E-state index contributed by atoms with van der Waals surface area (Å²) in [5.74, 6) is 1.04. The van der Waals surface area contributed by atoms with Crippen molar-refractivity contribution in [3.63, 3.8) is 0 Å². The van der Waals surface area contributed by atoms with Crippen LogP contribution in [0.3, 0.4) is 0 Å². The number of carbonyl (C=O) groups is 1. The molecule has 0 bridgehead atoms. The molecule has 0 aliphatic carbocycles. The van der Waals surface area contributed by atoms with Gasteiger partial charge in [0.1, 0.15) is 5.75 Å². The second kappa shape index (κ2) is 6.29. The molecule has 25 heavy (non-hydrogen) atoms. The van der Waals surface area contributed by atoms with E-state index in [4.69, 9.17) is 4.74 Å². The zero-order valence-corrected chi connectivity index (χ0v) is 15.3. The van der Waals surface area contributed by atoms with Crippen LogP contribution < -0.4 is 4.74 Å². The van der Waals surface area contributed by atoms with Crippen LogP contribution in [0.25, 0.3) is 0 Å². The number of piperazine rings is 1. The minimum Gasteiger partial charge on any atom is -0.493 e. The molecule has 0 spiro atoms. The molecular weight excluding hydrogens is 340 g/mol. The van der Waals surface area contributed by atoms with Crippen molar-refractivity contribution >= 4 is 15.7 Å². The van der Waals surface area contributed by atoms with Crippen LogP contribution in [0, 0.1) is 0 Å². The number of ether oxygens (including phenoxy) is 1. The van der Waals surface area contributed by atoms with E-state index in [1.165, 1.54) is 0 Å². The van der Waals surface area contributed by atoms with Gasteiger partial charge in [-0.05, 0) is 43.1 Å². The van der Waals surface area contributed by atoms with Crippen LogP contribution in [0.1, 0.15) is 29.3 Å². The number of hydrogen-bond donors (Lipinski definition) is 0. The predicted molar refractivity (Wildman–Crippen MR) is 94.8 cm³/mol. The fraction of sp³-hybridized carbons (Fsp3) is 0.611. The predicted octanol–water partition coefficient (Wildman–Crippen LogP) is 0.955. The van der Waals surface area contributed by atoms with Gasteiger partial charge in [0.05, 0.1) is 24.2 Å². The summed E-state index contributed by atoms with van der Waals surface area (Å²) in [6.07, 6.45) is 1.88. The van der Waals surface area contributed by atoms with Crippen molar-refractivity contribution in [3.05, 3.63) is 29.3 Å². The molecule has 2 atom stereocenters. The van der Waals surface area contributed by atoms with E-state index in [1.54, 1.807) is 11.0 Å². The third-order valence-corrected chi connectivity index (χ3v) is 7.31. The van der Waals surface area contributed by atoms with Gasteiger partial charge in [-0.15, -0.1) is 0 Å². The molecule has 136 valence electrons. The number of rotatable bonds is 2. The van der Waals surface area contributed by atoms with Gasteiger partial charge in [0.2, 0.25) is 0 Å². The highest BCUT2D eigenvalue weighted by atomic mass is 32.2. The van der Waals surface area contributed by atoms with Crippen LogP contribution in [-0.2, 0) is 16.3 Å². The summed E-state index contributed by atoms with van der Waals surface area (Å²) >= 11 is 0. The van der Waals surface area contributed by atoms with Gasteiger partial charge >= 0.3 is 0 Å². The third-order valence-electron chi connectivity index (χ3n) is 5.61. The van der Waals surface area contributed by atoms with E-state index >= 15 is 0 Å². The number of sulfone groups is 1. The molecular formula is C18H24N2O4S. The van der Waals surface area contributed by atoms with E-state index in [2.05, 4.69) is 4.90 Å². The van der Waals surface area contributed by atoms with Crippen molar-refractivity contribution in [2.24, 2.45) is 0 Å². The first-order chi connectivity index (χ1) is 12.0. The van der Waals surface area contributed by atoms with E-state index in [0.29, 0.717) is 12.1 Å². The smallest absolute Gasteiger partial charge is 0.254 e. The van der Waals surface area contributed by atoms with Gasteiger partial charge in [0, 0.05) is 24.7 Å². The normalized spacial score (nSPS) is 28.1. The van der Waals surface area contributed by atoms with Crippen molar-refractivity contribution in [1.29, 1.82) is 0 Å². The fourth-order valence-electron chi connectivity index (χ4n) is 4.33. The minimum absolute atomic E-state index is 0.0590. The maximum Gasteiger partial charge on any atom is 0.254 e. The van der Waals surface area contributed by atoms with Gasteiger partial charge < -0.3 is 9.64 Å². The lowest BCUT2D eigenvalue weighted by atomic mass is 10.00. The lowest BCUT2D eigenvalue weighted by Crippen LogP contribution is -2.60. The first-order valence-electron chi connectivity index (χ1n) is 8.99. The molecule has 0 saturated carbocycles. The maximum atomic E-state index is 13.1. The molecule has 7 heteroatoms. The van der Waals surface area contributed by atoms with Gasteiger partial charge in [-0.2, -0.15) is 0 Å². The quantitative estimate of drug-likeness (QED) is 0.782. The Morgan fingerprint density at radius 1 is 1.24 bits per heavy atom. The zero-order valence-electron chi connectivity index (χ0n) is 14.5. The SMILES string of the molecule is CCN1CCN(C(=O)c2ccc3c(c2)CCCO3)[C@H]2CS(=O)(=O)C[C@H]21. The molecule has 2 fully saturated rings. The highest BCUT2D eigenvalue weighted by Gasteiger charge is 2.47. The molecule has 1 aromatic rings. The lowest BCUT2D eigenvalue weighted by Gasteiger charge is -2.43. The zero-order chi connectivity index (χ0) is 17.6. The Balaban J connectivity index is 1.61. The lowest BCUT2D eigenvalue weighted by molar-refractivity contribution is 0.0349. The van der Waals surface area contributed by atoms with Crippen LogP contribution in [0.4, 0.5) is 0 Å². The average molecular weight is 364 g/mol. The summed E-state index contributed by atoms with van der Waals surface area (Å²) in [6, 6.07) is 5.28. The van der Waals surface area contributed by atoms with Gasteiger partial charge in [0.25, 0.3) is 5.91 Å². The molecule has 2 saturated heterocycles. The summed E-state index contributed by atoms with van der Waals surface area (Å²) < 4.78 is 30.0. The summed E-state index contributed by atoms with van der Waals surface area (Å²) in [6.45, 7) is 4.89. The number of aryl methyl sites for hydroxylation is 1. The molecule has 1 amide bonds. The van der Waals surface area contributed by atoms with E-state index in [-0.39, 0.29) is 29.5 Å². The standard InChI is InChI=1S/C18H24N2O4S/c1-2-19-7-8-20(16-12-25(22,23)11-15(16)19)18(21)14-5-6-17-13(10-14)4-3-9-24-17/h5-6,10,15-16H,2-4,7-9,11-12H2,1H3/t15-,16+/m1/s1. The Morgan fingerprint density at radius 2 is 2.04 bits per heavy atom. The highest BCUT2D eigenvalue weighted by Crippen LogP contribution is 2.30. The van der Waals surface area contributed by atoms with Gasteiger partial charge in [-0.3, -0.25) is 9.69 Å². The largest absolute Gasteiger partial charge is 0.493 e. The Hall–Kier alpha value is -1.60. The Morgan fingerprint density at radius 3 is 2.84 bits per heavy atom. The molecule has 0 N–H and O–H groups in total. The average Bonchev–Trinajstić information content (AvgIpc) is 2.94. The maximum absolute atomic E-state index is 13.1. The van der Waals surface area contributed by atoms with E-state index < -0.39 is 9.84 Å². The molecule has 1 aromatic carbocycles. The van der Waals surface area contributed by atoms with Crippen LogP contribution in [0.2, 0.25) is 0 Å². The van der Waals surface area contributed by atoms with Gasteiger partial charge in [-0.1, -0.05) is 6.92 Å². The molecule has 3 aliphatic heterocycles. The van der Waals surface area contributed by atoms with Gasteiger partial charge in [-0.25, -0.2) is 8.42 Å². The molecule has 3 heterocycles. The Bertz CT molecular complexity index is 792. The third kappa shape index (κ3) is 3.04. The summed E-state index contributed by atoms with van der Waals surface area (Å²) in [7, 11) is -3.09. The van der Waals surface area contributed by atoms with Crippen LogP contribution in [0.5, 0.6) is 5.75 Å². The highest BCUT2D eigenvalue weighted by molar-refractivity contribution is 7.91.